The van der Waals surface area contributed by atoms with Crippen molar-refractivity contribution in [3.05, 3.63) is 119 Å². The van der Waals surface area contributed by atoms with Gasteiger partial charge in [0.25, 0.3) is 0 Å². The molecule has 2 N–H and O–H groups in total. The van der Waals surface area contributed by atoms with E-state index >= 15 is 0 Å². The van der Waals surface area contributed by atoms with Crippen LogP contribution < -0.4 is 48.5 Å². The SMILES string of the molecule is CC(=O)Oc1ccc(/C=C/C(=O)NCCCN(CCCCN(CCCNC(=O)/C=C/c2ccc(OC(C)=O)c(OC(C)=O)c2)C(=O)/C=C/c2ccc(OC(C)=O)c(OC(C)=O)c2)C(=O)/C=C/c2ccc(OC(C)=O)c(OC(C)=O)c2)cc1OC(C)=O. The predicted octanol–water partition coefficient (Wildman–Crippen LogP) is 6.69. The van der Waals surface area contributed by atoms with Gasteiger partial charge >= 0.3 is 47.8 Å². The van der Waals surface area contributed by atoms with Crippen LogP contribution in [0.5, 0.6) is 46.0 Å². The van der Waals surface area contributed by atoms with E-state index in [2.05, 4.69) is 10.6 Å². The van der Waals surface area contributed by atoms with Crippen LogP contribution in [0.1, 0.15) is 103 Å². The number of esters is 8. The summed E-state index contributed by atoms with van der Waals surface area (Å²) >= 11 is 0. The number of ether oxygens (including phenoxy) is 8. The van der Waals surface area contributed by atoms with Crippen LogP contribution in [0.4, 0.5) is 0 Å². The van der Waals surface area contributed by atoms with Gasteiger partial charge in [0, 0.05) is 119 Å². The van der Waals surface area contributed by atoms with Crippen LogP contribution in [0.3, 0.4) is 0 Å². The number of amides is 4. The van der Waals surface area contributed by atoms with Crippen LogP contribution in [-0.4, -0.2) is 120 Å². The summed E-state index contributed by atoms with van der Waals surface area (Å²) in [7, 11) is 0. The smallest absolute Gasteiger partial charge is 0.308 e. The first-order valence-electron chi connectivity index (χ1n) is 26.7. The number of nitrogens with one attached hydrogen (secondary N) is 2. The molecule has 0 aromatic heterocycles. The van der Waals surface area contributed by atoms with Gasteiger partial charge in [-0.2, -0.15) is 0 Å². The van der Waals surface area contributed by atoms with Gasteiger partial charge in [-0.1, -0.05) is 24.3 Å². The minimum Gasteiger partial charge on any atom is -0.423 e. The zero-order valence-corrected chi connectivity index (χ0v) is 48.7. The minimum absolute atomic E-state index is 0.0112. The number of carbonyl (C=O) groups is 12. The molecule has 24 nitrogen and oxygen atoms in total. The first kappa shape index (κ1) is 68.0. The Hall–Kier alpha value is -10.5. The number of benzene rings is 4. The third-order valence-electron chi connectivity index (χ3n) is 11.1. The topological polar surface area (TPSA) is 309 Å². The molecule has 0 aliphatic carbocycles. The molecule has 4 aromatic rings. The van der Waals surface area contributed by atoms with Gasteiger partial charge in [-0.05, 0) is 121 Å². The first-order chi connectivity index (χ1) is 40.8. The first-order valence-corrected chi connectivity index (χ1v) is 26.7. The zero-order valence-electron chi connectivity index (χ0n) is 48.7. The Kier molecular flexibility index (Phi) is 27.5. The van der Waals surface area contributed by atoms with E-state index in [1.54, 1.807) is 34.1 Å². The zero-order chi connectivity index (χ0) is 63.3. The van der Waals surface area contributed by atoms with Crippen LogP contribution in [0.25, 0.3) is 24.3 Å². The molecule has 0 bridgehead atoms. The highest BCUT2D eigenvalue weighted by Crippen LogP contribution is 2.33. The molecule has 4 rings (SSSR count). The Balaban J connectivity index is 1.52. The molecule has 4 amide bonds. The lowest BCUT2D eigenvalue weighted by molar-refractivity contribution is -0.134. The monoisotopic (exact) mass is 1190 g/mol. The summed E-state index contributed by atoms with van der Waals surface area (Å²) in [6.07, 6.45) is 12.3. The van der Waals surface area contributed by atoms with E-state index < -0.39 is 71.4 Å². The van der Waals surface area contributed by atoms with E-state index in [1.807, 2.05) is 0 Å². The maximum atomic E-state index is 14.0. The van der Waals surface area contributed by atoms with Crippen molar-refractivity contribution in [2.45, 2.75) is 81.1 Å². The average Bonchev–Trinajstić information content (AvgIpc) is 3.56. The number of hydrogen-bond donors (Lipinski definition) is 2. The molecule has 0 aliphatic rings. The largest absolute Gasteiger partial charge is 0.423 e. The lowest BCUT2D eigenvalue weighted by atomic mass is 10.1. The van der Waals surface area contributed by atoms with Crippen LogP contribution in [0.15, 0.2) is 97.1 Å². The van der Waals surface area contributed by atoms with E-state index in [4.69, 9.17) is 37.9 Å². The van der Waals surface area contributed by atoms with Crippen molar-refractivity contribution >= 4 is 95.7 Å². The van der Waals surface area contributed by atoms with E-state index in [1.165, 1.54) is 153 Å². The Morgan fingerprint density at radius 2 is 0.535 bits per heavy atom. The van der Waals surface area contributed by atoms with Crippen LogP contribution in [-0.2, 0) is 57.5 Å². The lowest BCUT2D eigenvalue weighted by Crippen LogP contribution is -2.36. The summed E-state index contributed by atoms with van der Waals surface area (Å²) in [5, 5.41) is 5.53. The maximum Gasteiger partial charge on any atom is 0.308 e. The number of unbranched alkanes of at least 4 members (excludes halogenated alkanes) is 1. The third-order valence-corrected chi connectivity index (χ3v) is 11.1. The quantitative estimate of drug-likeness (QED) is 0.0247. The van der Waals surface area contributed by atoms with Crippen molar-refractivity contribution in [2.24, 2.45) is 0 Å². The molecule has 86 heavy (non-hydrogen) atoms. The van der Waals surface area contributed by atoms with Crippen molar-refractivity contribution in [3.63, 3.8) is 0 Å². The molecular weight excluding hydrogens is 1120 g/mol. The highest BCUT2D eigenvalue weighted by atomic mass is 16.6. The molecule has 454 valence electrons. The number of rotatable bonds is 29. The van der Waals surface area contributed by atoms with Gasteiger partial charge < -0.3 is 58.3 Å². The van der Waals surface area contributed by atoms with Gasteiger partial charge in [0.15, 0.2) is 46.0 Å². The van der Waals surface area contributed by atoms with Crippen molar-refractivity contribution in [1.29, 1.82) is 0 Å². The fourth-order valence-electron chi connectivity index (χ4n) is 7.65. The minimum atomic E-state index is -0.677. The van der Waals surface area contributed by atoms with Gasteiger partial charge in [-0.3, -0.25) is 57.5 Å². The van der Waals surface area contributed by atoms with E-state index in [-0.39, 0.29) is 98.1 Å². The Morgan fingerprint density at radius 3 is 0.779 bits per heavy atom. The number of carbonyl (C=O) groups excluding carboxylic acids is 12. The van der Waals surface area contributed by atoms with Gasteiger partial charge in [0.2, 0.25) is 23.6 Å². The summed E-state index contributed by atoms with van der Waals surface area (Å²) in [6.45, 7) is 10.4. The number of hydrogen-bond acceptors (Lipinski definition) is 20. The number of nitrogens with zero attached hydrogens (tertiary/aromatic N) is 2. The summed E-state index contributed by atoms with van der Waals surface area (Å²) in [5.74, 6) is -7.22. The average molecular weight is 1190 g/mol. The van der Waals surface area contributed by atoms with Gasteiger partial charge in [-0.15, -0.1) is 0 Å². The van der Waals surface area contributed by atoms with E-state index in [9.17, 15) is 57.5 Å². The molecule has 0 atom stereocenters. The molecule has 0 aliphatic heterocycles. The van der Waals surface area contributed by atoms with Crippen LogP contribution in [0, 0.1) is 0 Å². The molecular formula is C62H66N4O20. The van der Waals surface area contributed by atoms with Crippen molar-refractivity contribution in [1.82, 2.24) is 20.4 Å². The summed E-state index contributed by atoms with van der Waals surface area (Å²) in [6, 6.07) is 17.5. The van der Waals surface area contributed by atoms with Gasteiger partial charge in [0.1, 0.15) is 0 Å². The van der Waals surface area contributed by atoms with Crippen LogP contribution >= 0.6 is 0 Å². The standard InChI is InChI=1S/C62H66N4O20/c1-39(67)79-51-21-13-47(35-55(51)83-43(5)71)17-25-59(75)63-29-11-33-65(61(77)27-19-49-15-23-53(81-41(3)69)57(37-49)85-45(7)73)31-9-10-32-66(62(78)28-20-50-16-24-54(82-42(4)70)58(38-50)86-46(8)74)34-12-30-64-60(76)26-18-48-14-22-52(80-40(2)68)56(36-48)84-44(6)72/h13-28,35-38H,9-12,29-34H2,1-8H3,(H,63,75)(H,64,76)/b25-17+,26-18+,27-19+,28-20+. The molecule has 0 heterocycles. The fourth-order valence-corrected chi connectivity index (χ4v) is 7.65. The molecule has 0 saturated carbocycles. The Bertz CT molecular complexity index is 3110. The summed E-state index contributed by atoms with van der Waals surface area (Å²) in [4.78, 5) is 150. The lowest BCUT2D eigenvalue weighted by Gasteiger charge is -2.24. The Morgan fingerprint density at radius 1 is 0.314 bits per heavy atom. The Labute approximate surface area is 495 Å². The van der Waals surface area contributed by atoms with E-state index in [0.717, 1.165) is 0 Å². The molecule has 0 radical (unpaired) electrons. The van der Waals surface area contributed by atoms with Crippen molar-refractivity contribution < 1.29 is 95.4 Å². The second-order valence-corrected chi connectivity index (χ2v) is 18.6. The molecule has 0 saturated heterocycles. The van der Waals surface area contributed by atoms with Gasteiger partial charge in [-0.25, -0.2) is 0 Å². The van der Waals surface area contributed by atoms with Crippen molar-refractivity contribution in [2.75, 3.05) is 39.3 Å². The van der Waals surface area contributed by atoms with Crippen LogP contribution in [0.2, 0.25) is 0 Å². The predicted molar refractivity (Wildman–Crippen MR) is 310 cm³/mol. The molecule has 4 aromatic carbocycles. The highest BCUT2D eigenvalue weighted by molar-refractivity contribution is 5.94. The summed E-state index contributed by atoms with van der Waals surface area (Å²) in [5.41, 5.74) is 1.75. The second kappa shape index (κ2) is 34.8. The third kappa shape index (κ3) is 25.7. The fraction of sp³-hybridized carbons (Fsp3) is 0.290. The highest BCUT2D eigenvalue weighted by Gasteiger charge is 2.18. The maximum absolute atomic E-state index is 14.0. The normalized spacial score (nSPS) is 10.9. The van der Waals surface area contributed by atoms with E-state index in [0.29, 0.717) is 35.1 Å². The van der Waals surface area contributed by atoms with Gasteiger partial charge in [0.05, 0.1) is 0 Å². The summed E-state index contributed by atoms with van der Waals surface area (Å²) < 4.78 is 41.3. The molecule has 0 unspecified atom stereocenters. The second-order valence-electron chi connectivity index (χ2n) is 18.6. The van der Waals surface area contributed by atoms with Crippen molar-refractivity contribution in [3.8, 4) is 46.0 Å². The molecule has 0 spiro atoms. The molecule has 0 fully saturated rings. The molecule has 24 heteroatoms.